The van der Waals surface area contributed by atoms with Gasteiger partial charge in [-0.3, -0.25) is 9.59 Å². The van der Waals surface area contributed by atoms with Gasteiger partial charge in [-0.2, -0.15) is 0 Å². The normalized spacial score (nSPS) is 14.7. The molecule has 2 amide bonds. The lowest BCUT2D eigenvalue weighted by molar-refractivity contribution is -0.132. The monoisotopic (exact) mass is 356 g/mol. The summed E-state index contributed by atoms with van der Waals surface area (Å²) in [7, 11) is 0. The minimum atomic E-state index is -0.153. The van der Waals surface area contributed by atoms with Crippen molar-refractivity contribution in [2.24, 2.45) is 0 Å². The van der Waals surface area contributed by atoms with E-state index in [4.69, 9.17) is 0 Å². The smallest absolute Gasteiger partial charge is 0.227 e. The van der Waals surface area contributed by atoms with Crippen LogP contribution in [-0.2, 0) is 22.6 Å². The van der Waals surface area contributed by atoms with Crippen LogP contribution < -0.4 is 5.32 Å². The molecule has 0 spiro atoms. The molecule has 3 rings (SSSR count). The number of nitrogens with one attached hydrogen (secondary N) is 1. The van der Waals surface area contributed by atoms with Gasteiger partial charge in [-0.05, 0) is 35.4 Å². The van der Waals surface area contributed by atoms with Crippen LogP contribution in [0.5, 0.6) is 0 Å². The lowest BCUT2D eigenvalue weighted by Crippen LogP contribution is -2.38. The molecule has 0 aliphatic carbocycles. The second-order valence-electron chi connectivity index (χ2n) is 6.35. The van der Waals surface area contributed by atoms with Gasteiger partial charge in [-0.1, -0.05) is 37.3 Å². The molecule has 1 N–H and O–H groups in total. The fourth-order valence-electron chi connectivity index (χ4n) is 3.29. The molecule has 1 atom stereocenters. The lowest BCUT2D eigenvalue weighted by atomic mass is 9.96. The van der Waals surface area contributed by atoms with Crippen LogP contribution in [0, 0.1) is 0 Å². The predicted octanol–water partition coefficient (Wildman–Crippen LogP) is 3.33. The highest BCUT2D eigenvalue weighted by Crippen LogP contribution is 2.24. The molecule has 132 valence electrons. The molecule has 0 fully saturated rings. The van der Waals surface area contributed by atoms with Gasteiger partial charge in [0, 0.05) is 30.9 Å². The maximum atomic E-state index is 12.4. The first-order valence-corrected chi connectivity index (χ1v) is 9.72. The summed E-state index contributed by atoms with van der Waals surface area (Å²) >= 11 is 1.77. The summed E-state index contributed by atoms with van der Waals surface area (Å²) in [5.41, 5.74) is 2.29. The van der Waals surface area contributed by atoms with Gasteiger partial charge in [0.05, 0.1) is 5.92 Å². The average molecular weight is 356 g/mol. The highest BCUT2D eigenvalue weighted by Gasteiger charge is 2.22. The van der Waals surface area contributed by atoms with Crippen LogP contribution in [0.1, 0.15) is 41.7 Å². The highest BCUT2D eigenvalue weighted by atomic mass is 32.1. The van der Waals surface area contributed by atoms with Gasteiger partial charge in [-0.15, -0.1) is 11.3 Å². The number of benzene rings is 1. The Bertz CT molecular complexity index is 726. The number of hydrogen-bond acceptors (Lipinski definition) is 3. The van der Waals surface area contributed by atoms with Crippen molar-refractivity contribution in [3.63, 3.8) is 0 Å². The Morgan fingerprint density at radius 3 is 2.80 bits per heavy atom. The van der Waals surface area contributed by atoms with E-state index in [0.717, 1.165) is 24.9 Å². The second kappa shape index (κ2) is 8.30. The molecule has 1 unspecified atom stereocenters. The Morgan fingerprint density at radius 1 is 1.24 bits per heavy atom. The molecule has 2 aromatic rings. The molecule has 2 heterocycles. The van der Waals surface area contributed by atoms with Crippen molar-refractivity contribution in [3.8, 4) is 0 Å². The largest absolute Gasteiger partial charge is 0.355 e. The van der Waals surface area contributed by atoms with Gasteiger partial charge in [0.25, 0.3) is 0 Å². The number of thiophene rings is 1. The van der Waals surface area contributed by atoms with E-state index >= 15 is 0 Å². The minimum absolute atomic E-state index is 0.000245. The average Bonchev–Trinajstić information content (AvgIpc) is 3.11. The Labute approximate surface area is 152 Å². The Kier molecular flexibility index (Phi) is 5.87. The van der Waals surface area contributed by atoms with E-state index in [0.29, 0.717) is 19.5 Å². The van der Waals surface area contributed by atoms with Crippen LogP contribution in [0.2, 0.25) is 0 Å². The number of carbonyl (C=O) groups is 2. The molecule has 5 heteroatoms. The molecule has 0 radical (unpaired) electrons. The third kappa shape index (κ3) is 4.28. The third-order valence-electron chi connectivity index (χ3n) is 4.73. The van der Waals surface area contributed by atoms with Crippen molar-refractivity contribution in [1.29, 1.82) is 0 Å². The third-order valence-corrected chi connectivity index (χ3v) is 5.75. The predicted molar refractivity (Wildman–Crippen MR) is 101 cm³/mol. The molecule has 1 aromatic carbocycles. The van der Waals surface area contributed by atoms with E-state index in [1.807, 2.05) is 42.2 Å². The number of carbonyl (C=O) groups excluding carboxylic acids is 2. The van der Waals surface area contributed by atoms with Crippen LogP contribution in [0.15, 0.2) is 41.8 Å². The van der Waals surface area contributed by atoms with E-state index < -0.39 is 0 Å². The molecular weight excluding hydrogens is 332 g/mol. The minimum Gasteiger partial charge on any atom is -0.355 e. The first kappa shape index (κ1) is 17.7. The Balaban J connectivity index is 1.47. The van der Waals surface area contributed by atoms with Gasteiger partial charge in [-0.25, -0.2) is 0 Å². The zero-order valence-electron chi connectivity index (χ0n) is 14.5. The van der Waals surface area contributed by atoms with E-state index in [1.165, 1.54) is 10.4 Å². The van der Waals surface area contributed by atoms with Crippen LogP contribution >= 0.6 is 11.3 Å². The van der Waals surface area contributed by atoms with Crippen LogP contribution in [0.4, 0.5) is 0 Å². The van der Waals surface area contributed by atoms with Crippen molar-refractivity contribution < 1.29 is 9.59 Å². The summed E-state index contributed by atoms with van der Waals surface area (Å²) in [6.45, 7) is 3.89. The van der Waals surface area contributed by atoms with Crippen molar-refractivity contribution in [3.05, 3.63) is 57.8 Å². The van der Waals surface area contributed by atoms with E-state index in [9.17, 15) is 9.59 Å². The SMILES string of the molecule is CCC(C(=O)NCCC(=O)N1CCc2sccc2C1)c1ccccc1. The summed E-state index contributed by atoms with van der Waals surface area (Å²) in [6.07, 6.45) is 2.05. The molecule has 1 aliphatic heterocycles. The van der Waals surface area contributed by atoms with Crippen LogP contribution in [0.25, 0.3) is 0 Å². The second-order valence-corrected chi connectivity index (χ2v) is 7.35. The topological polar surface area (TPSA) is 49.4 Å². The summed E-state index contributed by atoms with van der Waals surface area (Å²) in [4.78, 5) is 28.1. The molecule has 1 aromatic heterocycles. The van der Waals surface area contributed by atoms with Crippen molar-refractivity contribution in [2.75, 3.05) is 13.1 Å². The van der Waals surface area contributed by atoms with Gasteiger partial charge < -0.3 is 10.2 Å². The van der Waals surface area contributed by atoms with Gasteiger partial charge >= 0.3 is 0 Å². The van der Waals surface area contributed by atoms with Crippen LogP contribution in [0.3, 0.4) is 0 Å². The van der Waals surface area contributed by atoms with Gasteiger partial charge in [0.1, 0.15) is 0 Å². The molecule has 0 bridgehead atoms. The first-order valence-electron chi connectivity index (χ1n) is 8.84. The Morgan fingerprint density at radius 2 is 2.04 bits per heavy atom. The van der Waals surface area contributed by atoms with Crippen molar-refractivity contribution in [1.82, 2.24) is 10.2 Å². The summed E-state index contributed by atoms with van der Waals surface area (Å²) in [6, 6.07) is 11.9. The fraction of sp³-hybridized carbons (Fsp3) is 0.400. The summed E-state index contributed by atoms with van der Waals surface area (Å²) < 4.78 is 0. The highest BCUT2D eigenvalue weighted by molar-refractivity contribution is 7.10. The van der Waals surface area contributed by atoms with Crippen molar-refractivity contribution >= 4 is 23.2 Å². The van der Waals surface area contributed by atoms with E-state index in [2.05, 4.69) is 16.8 Å². The molecule has 4 nitrogen and oxygen atoms in total. The van der Waals surface area contributed by atoms with Crippen molar-refractivity contribution in [2.45, 2.75) is 38.6 Å². The summed E-state index contributed by atoms with van der Waals surface area (Å²) in [5.74, 6) is -0.0372. The first-order chi connectivity index (χ1) is 12.2. The zero-order valence-corrected chi connectivity index (χ0v) is 15.3. The number of nitrogens with zero attached hydrogens (tertiary/aromatic N) is 1. The maximum Gasteiger partial charge on any atom is 0.227 e. The summed E-state index contributed by atoms with van der Waals surface area (Å²) in [5, 5.41) is 5.02. The van der Waals surface area contributed by atoms with E-state index in [1.54, 1.807) is 11.3 Å². The molecular formula is C20H24N2O2S. The number of rotatable bonds is 6. The molecule has 1 aliphatic rings. The molecule has 25 heavy (non-hydrogen) atoms. The standard InChI is InChI=1S/C20H24N2O2S/c1-2-17(15-6-4-3-5-7-15)20(24)21-11-8-19(23)22-12-9-18-16(14-22)10-13-25-18/h3-7,10,13,17H,2,8-9,11-12,14H2,1H3,(H,21,24). The number of amides is 2. The zero-order chi connectivity index (χ0) is 17.6. The number of hydrogen-bond donors (Lipinski definition) is 1. The van der Waals surface area contributed by atoms with Gasteiger partial charge in [0.15, 0.2) is 0 Å². The van der Waals surface area contributed by atoms with Gasteiger partial charge in [0.2, 0.25) is 11.8 Å². The maximum absolute atomic E-state index is 12.4. The fourth-order valence-corrected chi connectivity index (χ4v) is 4.18. The number of fused-ring (bicyclic) bond motifs is 1. The molecule has 0 saturated carbocycles. The lowest BCUT2D eigenvalue weighted by Gasteiger charge is -2.27. The quantitative estimate of drug-likeness (QED) is 0.863. The van der Waals surface area contributed by atoms with E-state index in [-0.39, 0.29) is 17.7 Å². The molecule has 0 saturated heterocycles. The Hall–Kier alpha value is -2.14. The van der Waals surface area contributed by atoms with Crippen LogP contribution in [-0.4, -0.2) is 29.8 Å².